The van der Waals surface area contributed by atoms with E-state index >= 15 is 0 Å². The summed E-state index contributed by atoms with van der Waals surface area (Å²) in [5.74, 6) is 0.620. The van der Waals surface area contributed by atoms with E-state index in [0.717, 1.165) is 32.3 Å². The van der Waals surface area contributed by atoms with Gasteiger partial charge in [-0.3, -0.25) is 4.79 Å². The Hall–Kier alpha value is -0.610. The summed E-state index contributed by atoms with van der Waals surface area (Å²) in [6.45, 7) is 4.96. The Morgan fingerprint density at radius 2 is 2.00 bits per heavy atom. The molecule has 4 heteroatoms. The molecule has 1 saturated carbocycles. The quantitative estimate of drug-likeness (QED) is 0.810. The van der Waals surface area contributed by atoms with E-state index in [0.29, 0.717) is 5.92 Å². The first-order valence-electron chi connectivity index (χ1n) is 7.16. The molecule has 5 unspecified atom stereocenters. The second-order valence-corrected chi connectivity index (χ2v) is 5.98. The maximum Gasteiger partial charge on any atom is 0.227 e. The lowest BCUT2D eigenvalue weighted by Crippen LogP contribution is -2.51. The van der Waals surface area contributed by atoms with Crippen molar-refractivity contribution in [3.63, 3.8) is 0 Å². The minimum atomic E-state index is -0.00319. The predicted molar refractivity (Wildman–Crippen MR) is 71.1 cm³/mol. The van der Waals surface area contributed by atoms with Gasteiger partial charge >= 0.3 is 0 Å². The van der Waals surface area contributed by atoms with Crippen LogP contribution in [0, 0.1) is 11.8 Å². The van der Waals surface area contributed by atoms with Gasteiger partial charge in [0.25, 0.3) is 0 Å². The number of likely N-dealkylation sites (N-methyl/N-ethyl adjacent to an activating group) is 1. The Kier molecular flexibility index (Phi) is 4.28. The van der Waals surface area contributed by atoms with Crippen molar-refractivity contribution < 1.29 is 9.53 Å². The standard InChI is InChI=1S/C14H26N2O2/c1-9-5-4-6-11(15)13(9)14(17)16(3)12-7-8-18-10(12)2/h9-13H,4-8,15H2,1-3H3. The lowest BCUT2D eigenvalue weighted by Gasteiger charge is -2.38. The monoisotopic (exact) mass is 254 g/mol. The van der Waals surface area contributed by atoms with Gasteiger partial charge < -0.3 is 15.4 Å². The van der Waals surface area contributed by atoms with E-state index < -0.39 is 0 Å². The van der Waals surface area contributed by atoms with Crippen molar-refractivity contribution in [1.82, 2.24) is 4.90 Å². The first-order chi connectivity index (χ1) is 8.52. The Morgan fingerprint density at radius 3 is 2.56 bits per heavy atom. The highest BCUT2D eigenvalue weighted by Crippen LogP contribution is 2.31. The molecule has 2 fully saturated rings. The molecule has 2 rings (SSSR count). The van der Waals surface area contributed by atoms with Gasteiger partial charge in [-0.1, -0.05) is 13.3 Å². The van der Waals surface area contributed by atoms with Crippen LogP contribution in [0.2, 0.25) is 0 Å². The third kappa shape index (κ3) is 2.54. The number of nitrogens with zero attached hydrogens (tertiary/aromatic N) is 1. The van der Waals surface area contributed by atoms with E-state index in [2.05, 4.69) is 6.92 Å². The van der Waals surface area contributed by atoms with Crippen molar-refractivity contribution in [3.8, 4) is 0 Å². The smallest absolute Gasteiger partial charge is 0.227 e. The van der Waals surface area contributed by atoms with E-state index in [9.17, 15) is 4.79 Å². The summed E-state index contributed by atoms with van der Waals surface area (Å²) in [6.07, 6.45) is 4.34. The number of hydrogen-bond donors (Lipinski definition) is 1. The van der Waals surface area contributed by atoms with Crippen LogP contribution in [0.5, 0.6) is 0 Å². The molecule has 4 nitrogen and oxygen atoms in total. The van der Waals surface area contributed by atoms with Crippen LogP contribution in [0.15, 0.2) is 0 Å². The van der Waals surface area contributed by atoms with Crippen molar-refractivity contribution in [3.05, 3.63) is 0 Å². The van der Waals surface area contributed by atoms with Gasteiger partial charge in [-0.2, -0.15) is 0 Å². The highest BCUT2D eigenvalue weighted by Gasteiger charge is 2.39. The number of nitrogens with two attached hydrogens (primary N) is 1. The Labute approximate surface area is 110 Å². The van der Waals surface area contributed by atoms with Crippen molar-refractivity contribution in [2.45, 2.75) is 57.7 Å². The fraction of sp³-hybridized carbons (Fsp3) is 0.929. The summed E-state index contributed by atoms with van der Waals surface area (Å²) < 4.78 is 5.55. The molecule has 1 aliphatic heterocycles. The van der Waals surface area contributed by atoms with Gasteiger partial charge in [0.15, 0.2) is 0 Å². The van der Waals surface area contributed by atoms with Gasteiger partial charge in [0, 0.05) is 19.7 Å². The number of amides is 1. The molecule has 18 heavy (non-hydrogen) atoms. The van der Waals surface area contributed by atoms with Gasteiger partial charge in [0.1, 0.15) is 0 Å². The maximum absolute atomic E-state index is 12.6. The zero-order valence-electron chi connectivity index (χ0n) is 11.8. The molecule has 0 spiro atoms. The molecule has 1 amide bonds. The van der Waals surface area contributed by atoms with Crippen molar-refractivity contribution in [2.75, 3.05) is 13.7 Å². The minimum Gasteiger partial charge on any atom is -0.376 e. The summed E-state index contributed by atoms with van der Waals surface area (Å²) >= 11 is 0. The molecule has 5 atom stereocenters. The highest BCUT2D eigenvalue weighted by atomic mass is 16.5. The van der Waals surface area contributed by atoms with Crippen LogP contribution in [0.25, 0.3) is 0 Å². The van der Waals surface area contributed by atoms with Crippen LogP contribution in [-0.4, -0.2) is 42.6 Å². The summed E-state index contributed by atoms with van der Waals surface area (Å²) in [7, 11) is 1.91. The summed E-state index contributed by atoms with van der Waals surface area (Å²) in [5, 5.41) is 0. The van der Waals surface area contributed by atoms with E-state index in [1.165, 1.54) is 0 Å². The number of carbonyl (C=O) groups is 1. The van der Waals surface area contributed by atoms with E-state index in [4.69, 9.17) is 10.5 Å². The average Bonchev–Trinajstić information content (AvgIpc) is 2.74. The van der Waals surface area contributed by atoms with Crippen molar-refractivity contribution in [2.24, 2.45) is 17.6 Å². The van der Waals surface area contributed by atoms with E-state index in [-0.39, 0.29) is 30.0 Å². The molecule has 0 aromatic heterocycles. The first kappa shape index (κ1) is 13.8. The fourth-order valence-corrected chi connectivity index (χ4v) is 3.51. The Balaban J connectivity index is 2.05. The Bertz CT molecular complexity index is 298. The second kappa shape index (κ2) is 5.57. The largest absolute Gasteiger partial charge is 0.376 e. The van der Waals surface area contributed by atoms with Crippen LogP contribution in [0.1, 0.15) is 39.5 Å². The van der Waals surface area contributed by atoms with Crippen LogP contribution >= 0.6 is 0 Å². The molecule has 2 N–H and O–H groups in total. The van der Waals surface area contributed by atoms with Crippen LogP contribution in [-0.2, 0) is 9.53 Å². The molecular formula is C14H26N2O2. The van der Waals surface area contributed by atoms with E-state index in [1.54, 1.807) is 0 Å². The molecule has 1 heterocycles. The van der Waals surface area contributed by atoms with Crippen molar-refractivity contribution >= 4 is 5.91 Å². The molecule has 0 aromatic carbocycles. The van der Waals surface area contributed by atoms with Crippen LogP contribution in [0.3, 0.4) is 0 Å². The third-order valence-corrected chi connectivity index (χ3v) is 4.74. The predicted octanol–water partition coefficient (Wildman–Crippen LogP) is 1.39. The second-order valence-electron chi connectivity index (χ2n) is 5.98. The summed E-state index contributed by atoms with van der Waals surface area (Å²) in [5.41, 5.74) is 6.16. The van der Waals surface area contributed by atoms with Gasteiger partial charge in [-0.25, -0.2) is 0 Å². The molecule has 104 valence electrons. The Morgan fingerprint density at radius 1 is 1.28 bits per heavy atom. The zero-order chi connectivity index (χ0) is 13.3. The fourth-order valence-electron chi connectivity index (χ4n) is 3.51. The SMILES string of the molecule is CC1CCCC(N)C1C(=O)N(C)C1CCOC1C. The number of ether oxygens (including phenoxy) is 1. The molecule has 1 aliphatic carbocycles. The third-order valence-electron chi connectivity index (χ3n) is 4.74. The summed E-state index contributed by atoms with van der Waals surface area (Å²) in [4.78, 5) is 14.5. The molecule has 0 aromatic rings. The first-order valence-corrected chi connectivity index (χ1v) is 7.16. The van der Waals surface area contributed by atoms with Crippen LogP contribution in [0.4, 0.5) is 0 Å². The van der Waals surface area contributed by atoms with Crippen LogP contribution < -0.4 is 5.73 Å². The normalized spacial score (nSPS) is 40.8. The molecule has 0 radical (unpaired) electrons. The molecule has 1 saturated heterocycles. The molecule has 0 bridgehead atoms. The minimum absolute atomic E-state index is 0.00319. The van der Waals surface area contributed by atoms with Gasteiger partial charge in [0.05, 0.1) is 18.1 Å². The number of hydrogen-bond acceptors (Lipinski definition) is 3. The lowest BCUT2D eigenvalue weighted by atomic mass is 9.76. The number of carbonyl (C=O) groups excluding carboxylic acids is 1. The topological polar surface area (TPSA) is 55.6 Å². The van der Waals surface area contributed by atoms with Gasteiger partial charge in [-0.15, -0.1) is 0 Å². The van der Waals surface area contributed by atoms with Crippen molar-refractivity contribution in [1.29, 1.82) is 0 Å². The van der Waals surface area contributed by atoms with Gasteiger partial charge in [0.2, 0.25) is 5.91 Å². The molecular weight excluding hydrogens is 228 g/mol. The maximum atomic E-state index is 12.6. The average molecular weight is 254 g/mol. The summed E-state index contributed by atoms with van der Waals surface area (Å²) in [6, 6.07) is 0.250. The lowest BCUT2D eigenvalue weighted by molar-refractivity contribution is -0.140. The van der Waals surface area contributed by atoms with Gasteiger partial charge in [-0.05, 0) is 32.1 Å². The zero-order valence-corrected chi connectivity index (χ0v) is 11.8. The van der Waals surface area contributed by atoms with E-state index in [1.807, 2.05) is 18.9 Å². The molecule has 2 aliphatic rings. The highest BCUT2D eigenvalue weighted by molar-refractivity contribution is 5.80. The number of rotatable bonds is 2.